The maximum atomic E-state index is 6.03. The van der Waals surface area contributed by atoms with E-state index in [1.807, 2.05) is 6.08 Å². The van der Waals surface area contributed by atoms with Crippen molar-refractivity contribution in [2.45, 2.75) is 129 Å². The zero-order chi connectivity index (χ0) is 27.1. The molecule has 0 aliphatic rings. The van der Waals surface area contributed by atoms with Gasteiger partial charge in [0.1, 0.15) is 5.75 Å². The average Bonchev–Trinajstić information content (AvgIpc) is 2.94. The molecule has 0 fully saturated rings. The van der Waals surface area contributed by atoms with Gasteiger partial charge in [-0.05, 0) is 47.7 Å². The van der Waals surface area contributed by atoms with E-state index in [-0.39, 0.29) is 0 Å². The molecule has 0 spiro atoms. The van der Waals surface area contributed by atoms with Gasteiger partial charge >= 0.3 is 0 Å². The number of benzene rings is 2. The maximum absolute atomic E-state index is 6.03. The van der Waals surface area contributed by atoms with Crippen molar-refractivity contribution in [3.05, 3.63) is 71.3 Å². The van der Waals surface area contributed by atoms with E-state index in [4.69, 9.17) is 17.0 Å². The molecule has 0 aliphatic carbocycles. The van der Waals surface area contributed by atoms with Crippen molar-refractivity contribution in [2.24, 2.45) is 0 Å². The van der Waals surface area contributed by atoms with Gasteiger partial charge < -0.3 is 4.74 Å². The van der Waals surface area contributed by atoms with Gasteiger partial charge in [-0.3, -0.25) is 0 Å². The molecule has 0 heterocycles. The number of allylic oxidation sites excluding steroid dienone is 1. The second kappa shape index (κ2) is 21.9. The van der Waals surface area contributed by atoms with Gasteiger partial charge in [0.15, 0.2) is 0 Å². The van der Waals surface area contributed by atoms with Gasteiger partial charge in [0.05, 0.1) is 6.61 Å². The molecule has 2 heteroatoms. The molecule has 0 atom stereocenters. The molecular weight excluding hydrogens is 480 g/mol. The quantitative estimate of drug-likeness (QED) is 0.0606. The lowest BCUT2D eigenvalue weighted by atomic mass is 10.0. The number of thiocarbonyl (C=S) groups is 1. The number of aryl methyl sites for hydroxylation is 1. The van der Waals surface area contributed by atoms with Crippen LogP contribution in [-0.4, -0.2) is 11.5 Å². The molecule has 210 valence electrons. The molecule has 0 amide bonds. The molecule has 38 heavy (non-hydrogen) atoms. The Hall–Kier alpha value is -1.93. The molecule has 0 bridgehead atoms. The minimum atomic E-state index is 0.800. The fourth-order valence-corrected chi connectivity index (χ4v) is 5.14. The molecule has 2 aromatic carbocycles. The van der Waals surface area contributed by atoms with Crippen molar-refractivity contribution in [3.8, 4) is 5.75 Å². The first kappa shape index (κ1) is 32.3. The van der Waals surface area contributed by atoms with E-state index >= 15 is 0 Å². The molecular formula is C36H54OS. The van der Waals surface area contributed by atoms with Crippen molar-refractivity contribution in [3.63, 3.8) is 0 Å². The molecule has 0 saturated heterocycles. The van der Waals surface area contributed by atoms with Crippen LogP contribution in [0.4, 0.5) is 0 Å². The Morgan fingerprint density at radius 2 is 1.21 bits per heavy atom. The van der Waals surface area contributed by atoms with Crippen LogP contribution in [0.2, 0.25) is 0 Å². The average molecular weight is 535 g/mol. The van der Waals surface area contributed by atoms with E-state index < -0.39 is 0 Å². The fourth-order valence-electron chi connectivity index (χ4n) is 4.94. The number of hydrogen-bond acceptors (Lipinski definition) is 2. The Morgan fingerprint density at radius 1 is 0.658 bits per heavy atom. The van der Waals surface area contributed by atoms with Crippen LogP contribution >= 0.6 is 12.2 Å². The third-order valence-electron chi connectivity index (χ3n) is 7.33. The predicted molar refractivity (Wildman–Crippen MR) is 173 cm³/mol. The Labute approximate surface area is 240 Å². The highest BCUT2D eigenvalue weighted by Gasteiger charge is 2.00. The summed E-state index contributed by atoms with van der Waals surface area (Å²) in [6, 6.07) is 17.0. The van der Waals surface area contributed by atoms with Gasteiger partial charge in [0, 0.05) is 4.86 Å². The third-order valence-corrected chi connectivity index (χ3v) is 7.70. The van der Waals surface area contributed by atoms with Crippen molar-refractivity contribution >= 4 is 23.2 Å². The Bertz CT molecular complexity index is 882. The van der Waals surface area contributed by atoms with Crippen molar-refractivity contribution in [1.82, 2.24) is 0 Å². The lowest BCUT2D eigenvalue weighted by molar-refractivity contribution is 0.304. The third kappa shape index (κ3) is 15.5. The molecule has 2 rings (SSSR count). The van der Waals surface area contributed by atoms with Crippen molar-refractivity contribution < 1.29 is 4.74 Å². The van der Waals surface area contributed by atoms with Crippen LogP contribution < -0.4 is 4.74 Å². The summed E-state index contributed by atoms with van der Waals surface area (Å²) >= 11 is 5.62. The molecule has 0 N–H and O–H groups in total. The van der Waals surface area contributed by atoms with Crippen LogP contribution in [0.3, 0.4) is 0 Å². The smallest absolute Gasteiger partial charge is 0.119 e. The highest BCUT2D eigenvalue weighted by Crippen LogP contribution is 2.17. The zero-order valence-corrected chi connectivity index (χ0v) is 25.3. The van der Waals surface area contributed by atoms with Crippen LogP contribution in [0.1, 0.15) is 140 Å². The summed E-state index contributed by atoms with van der Waals surface area (Å²) in [6.07, 6.45) is 28.7. The summed E-state index contributed by atoms with van der Waals surface area (Å²) < 4.78 is 6.03. The van der Waals surface area contributed by atoms with Gasteiger partial charge in [-0.15, -0.1) is 0 Å². The summed E-state index contributed by atoms with van der Waals surface area (Å²) in [5, 5.41) is 0. The van der Waals surface area contributed by atoms with E-state index in [0.717, 1.165) is 41.2 Å². The van der Waals surface area contributed by atoms with E-state index in [1.165, 1.54) is 108 Å². The van der Waals surface area contributed by atoms with Crippen LogP contribution in [0.15, 0.2) is 54.6 Å². The number of unbranched alkanes of at least 4 members (excludes halogenated alkanes) is 15. The fraction of sp³-hybridized carbons (Fsp3) is 0.583. The van der Waals surface area contributed by atoms with Gasteiger partial charge in [-0.1, -0.05) is 171 Å². The second-order valence-corrected chi connectivity index (χ2v) is 11.3. The predicted octanol–water partition coefficient (Wildman–Crippen LogP) is 11.7. The van der Waals surface area contributed by atoms with Gasteiger partial charge in [0.25, 0.3) is 0 Å². The Kier molecular flexibility index (Phi) is 18.6. The molecule has 0 aromatic heterocycles. The number of ether oxygens (including phenoxy) is 1. The highest BCUT2D eigenvalue weighted by molar-refractivity contribution is 7.81. The largest absolute Gasteiger partial charge is 0.494 e. The van der Waals surface area contributed by atoms with E-state index in [2.05, 4.69) is 68.5 Å². The summed E-state index contributed by atoms with van der Waals surface area (Å²) in [7, 11) is 0. The van der Waals surface area contributed by atoms with Crippen LogP contribution in [0.5, 0.6) is 5.75 Å². The van der Waals surface area contributed by atoms with Crippen molar-refractivity contribution in [1.29, 1.82) is 0 Å². The summed E-state index contributed by atoms with van der Waals surface area (Å²) in [5.41, 5.74) is 3.60. The molecule has 2 aromatic rings. The first-order valence-electron chi connectivity index (χ1n) is 15.8. The monoisotopic (exact) mass is 534 g/mol. The lowest BCUT2D eigenvalue weighted by Crippen LogP contribution is -1.97. The first-order chi connectivity index (χ1) is 18.7. The standard InChI is InChI=1S/C36H54OS/c1-3-5-6-7-8-9-10-11-12-13-14-15-16-17-18-19-30-37-35-23-20-22-33(31-35)26-29-36(38)34-27-24-32(21-4-2)25-28-34/h20,22-29,31H,3-19,21,30H2,1-2H3. The highest BCUT2D eigenvalue weighted by atomic mass is 32.1. The van der Waals surface area contributed by atoms with Crippen LogP contribution in [-0.2, 0) is 6.42 Å². The Morgan fingerprint density at radius 3 is 1.76 bits per heavy atom. The zero-order valence-electron chi connectivity index (χ0n) is 24.5. The molecule has 0 aliphatic heterocycles. The van der Waals surface area contributed by atoms with Crippen LogP contribution in [0, 0.1) is 0 Å². The summed E-state index contributed by atoms with van der Waals surface area (Å²) in [6.45, 7) is 5.30. The van der Waals surface area contributed by atoms with Crippen LogP contribution in [0.25, 0.3) is 6.08 Å². The van der Waals surface area contributed by atoms with Gasteiger partial charge in [-0.25, -0.2) is 0 Å². The number of rotatable bonds is 23. The number of hydrogen-bond donors (Lipinski definition) is 0. The van der Waals surface area contributed by atoms with E-state index in [0.29, 0.717) is 0 Å². The lowest BCUT2D eigenvalue weighted by Gasteiger charge is -2.07. The Balaban J connectivity index is 1.48. The summed E-state index contributed by atoms with van der Waals surface area (Å²) in [4.78, 5) is 0.868. The minimum absolute atomic E-state index is 0.800. The molecule has 1 nitrogen and oxygen atoms in total. The van der Waals surface area contributed by atoms with E-state index in [1.54, 1.807) is 0 Å². The second-order valence-electron chi connectivity index (χ2n) is 10.9. The molecule has 0 unspecified atom stereocenters. The maximum Gasteiger partial charge on any atom is 0.119 e. The normalized spacial score (nSPS) is 11.3. The summed E-state index contributed by atoms with van der Waals surface area (Å²) in [5.74, 6) is 0.947. The minimum Gasteiger partial charge on any atom is -0.494 e. The first-order valence-corrected chi connectivity index (χ1v) is 16.2. The SMILES string of the molecule is CCCCCCCCCCCCCCCCCCOc1cccc(C=CC(=S)c2ccc(CCC)cc2)c1. The van der Waals surface area contributed by atoms with Gasteiger partial charge in [0.2, 0.25) is 0 Å². The van der Waals surface area contributed by atoms with E-state index in [9.17, 15) is 0 Å². The molecule has 0 saturated carbocycles. The molecule has 0 radical (unpaired) electrons. The topological polar surface area (TPSA) is 9.23 Å². The van der Waals surface area contributed by atoms with Crippen molar-refractivity contribution in [2.75, 3.05) is 6.61 Å². The van der Waals surface area contributed by atoms with Gasteiger partial charge in [-0.2, -0.15) is 0 Å².